The van der Waals surface area contributed by atoms with Crippen LogP contribution in [0.4, 0.5) is 20.2 Å². The summed E-state index contributed by atoms with van der Waals surface area (Å²) >= 11 is 0.517. The first-order valence-corrected chi connectivity index (χ1v) is 10.2. The van der Waals surface area contributed by atoms with Crippen molar-refractivity contribution in [1.82, 2.24) is 9.80 Å². The third-order valence-corrected chi connectivity index (χ3v) is 5.72. The number of rotatable bonds is 6. The number of amides is 1. The van der Waals surface area contributed by atoms with Crippen LogP contribution in [0.2, 0.25) is 0 Å². The van der Waals surface area contributed by atoms with Gasteiger partial charge in [-0.25, -0.2) is 0 Å². The standard InChI is InChI=1S/C21H25F2N3OS/c1-25(2)16-11-13-26(14-12-16)20(27)18-5-3-4-6-19(18)24-15-7-9-17(10-8-15)28-21(22)23/h3-10,16,21,24H,11-14H2,1-2H3. The fraction of sp³-hybridized carbons (Fsp3) is 0.381. The molecule has 1 aliphatic rings. The Morgan fingerprint density at radius 1 is 1.11 bits per heavy atom. The number of nitrogens with one attached hydrogen (secondary N) is 1. The Kier molecular flexibility index (Phi) is 6.91. The number of nitrogens with zero attached hydrogens (tertiary/aromatic N) is 2. The van der Waals surface area contributed by atoms with Crippen molar-refractivity contribution in [3.05, 3.63) is 54.1 Å². The molecule has 2 aromatic carbocycles. The van der Waals surface area contributed by atoms with E-state index in [0.717, 1.165) is 37.3 Å². The fourth-order valence-corrected chi connectivity index (χ4v) is 3.91. The summed E-state index contributed by atoms with van der Waals surface area (Å²) in [6.45, 7) is 1.49. The highest BCUT2D eigenvalue weighted by Gasteiger charge is 2.25. The van der Waals surface area contributed by atoms with Gasteiger partial charge in [-0.15, -0.1) is 0 Å². The van der Waals surface area contributed by atoms with E-state index in [1.54, 1.807) is 24.3 Å². The van der Waals surface area contributed by atoms with Crippen LogP contribution in [-0.2, 0) is 0 Å². The molecule has 0 radical (unpaired) electrons. The average Bonchev–Trinajstić information content (AvgIpc) is 2.69. The smallest absolute Gasteiger partial charge is 0.288 e. The largest absolute Gasteiger partial charge is 0.355 e. The second-order valence-electron chi connectivity index (χ2n) is 7.06. The SMILES string of the molecule is CN(C)C1CCN(C(=O)c2ccccc2Nc2ccc(SC(F)F)cc2)CC1. The quantitative estimate of drug-likeness (QED) is 0.693. The van der Waals surface area contributed by atoms with Gasteiger partial charge in [-0.1, -0.05) is 23.9 Å². The number of piperidine rings is 1. The van der Waals surface area contributed by atoms with E-state index in [2.05, 4.69) is 24.3 Å². The minimum absolute atomic E-state index is 0.0187. The summed E-state index contributed by atoms with van der Waals surface area (Å²) in [7, 11) is 4.15. The summed E-state index contributed by atoms with van der Waals surface area (Å²) in [4.78, 5) is 17.7. The molecule has 1 fully saturated rings. The summed E-state index contributed by atoms with van der Waals surface area (Å²) in [5.41, 5.74) is 2.10. The van der Waals surface area contributed by atoms with Gasteiger partial charge < -0.3 is 15.1 Å². The topological polar surface area (TPSA) is 35.6 Å². The molecule has 0 unspecified atom stereocenters. The van der Waals surface area contributed by atoms with Crippen molar-refractivity contribution < 1.29 is 13.6 Å². The maximum absolute atomic E-state index is 13.0. The second-order valence-corrected chi connectivity index (χ2v) is 8.12. The molecule has 4 nitrogen and oxygen atoms in total. The van der Waals surface area contributed by atoms with E-state index in [1.807, 2.05) is 29.2 Å². The molecule has 150 valence electrons. The molecule has 0 spiro atoms. The highest BCUT2D eigenvalue weighted by Crippen LogP contribution is 2.28. The molecule has 1 N–H and O–H groups in total. The second kappa shape index (κ2) is 9.39. The van der Waals surface area contributed by atoms with Crippen molar-refractivity contribution >= 4 is 29.0 Å². The molecular formula is C21H25F2N3OS. The van der Waals surface area contributed by atoms with Crippen LogP contribution in [-0.4, -0.2) is 54.7 Å². The summed E-state index contributed by atoms with van der Waals surface area (Å²) in [6, 6.07) is 14.7. The molecule has 0 aromatic heterocycles. The van der Waals surface area contributed by atoms with Crippen LogP contribution in [0.25, 0.3) is 0 Å². The Labute approximate surface area is 168 Å². The Bertz CT molecular complexity index is 790. The number of hydrogen-bond donors (Lipinski definition) is 1. The number of halogens is 2. The zero-order valence-electron chi connectivity index (χ0n) is 16.1. The van der Waals surface area contributed by atoms with E-state index in [-0.39, 0.29) is 5.91 Å². The molecule has 0 atom stereocenters. The summed E-state index contributed by atoms with van der Waals surface area (Å²) in [5.74, 6) is -2.42. The molecule has 7 heteroatoms. The number of thioether (sulfide) groups is 1. The maximum atomic E-state index is 13.0. The van der Waals surface area contributed by atoms with Crippen molar-refractivity contribution in [3.8, 4) is 0 Å². The molecule has 28 heavy (non-hydrogen) atoms. The molecule has 0 aliphatic carbocycles. The minimum atomic E-state index is -2.44. The minimum Gasteiger partial charge on any atom is -0.355 e. The van der Waals surface area contributed by atoms with Crippen LogP contribution in [0.1, 0.15) is 23.2 Å². The van der Waals surface area contributed by atoms with E-state index in [0.29, 0.717) is 28.3 Å². The third kappa shape index (κ3) is 5.23. The number of likely N-dealkylation sites (tertiary alicyclic amines) is 1. The molecular weight excluding hydrogens is 380 g/mol. The first kappa shape index (κ1) is 20.6. The predicted octanol–water partition coefficient (Wildman–Crippen LogP) is 4.91. The monoisotopic (exact) mass is 405 g/mol. The molecule has 1 amide bonds. The summed E-state index contributed by atoms with van der Waals surface area (Å²) in [5, 5.41) is 3.25. The van der Waals surface area contributed by atoms with Gasteiger partial charge in [0, 0.05) is 29.7 Å². The molecule has 1 aliphatic heterocycles. The molecule has 0 bridgehead atoms. The van der Waals surface area contributed by atoms with Gasteiger partial charge in [0.05, 0.1) is 11.3 Å². The number of anilines is 2. The Hall–Kier alpha value is -2.12. The van der Waals surface area contributed by atoms with Crippen molar-refractivity contribution in [2.45, 2.75) is 29.5 Å². The Morgan fingerprint density at radius 2 is 1.75 bits per heavy atom. The molecule has 0 saturated carbocycles. The number of carbonyl (C=O) groups is 1. The third-order valence-electron chi connectivity index (χ3n) is 5.00. The lowest BCUT2D eigenvalue weighted by Crippen LogP contribution is -2.44. The first-order chi connectivity index (χ1) is 13.4. The van der Waals surface area contributed by atoms with Gasteiger partial charge >= 0.3 is 0 Å². The zero-order valence-corrected chi connectivity index (χ0v) is 16.9. The van der Waals surface area contributed by atoms with Crippen LogP contribution in [0.15, 0.2) is 53.4 Å². The molecule has 1 saturated heterocycles. The number of carbonyl (C=O) groups excluding carboxylic acids is 1. The Balaban J connectivity index is 1.70. The Morgan fingerprint density at radius 3 is 2.36 bits per heavy atom. The van der Waals surface area contributed by atoms with Gasteiger partial charge in [0.1, 0.15) is 0 Å². The summed E-state index contributed by atoms with van der Waals surface area (Å²) < 4.78 is 24.9. The van der Waals surface area contributed by atoms with Crippen molar-refractivity contribution in [2.24, 2.45) is 0 Å². The maximum Gasteiger partial charge on any atom is 0.288 e. The van der Waals surface area contributed by atoms with Crippen molar-refractivity contribution in [2.75, 3.05) is 32.5 Å². The van der Waals surface area contributed by atoms with E-state index < -0.39 is 5.76 Å². The zero-order chi connectivity index (χ0) is 20.1. The highest BCUT2D eigenvalue weighted by atomic mass is 32.2. The van der Waals surface area contributed by atoms with E-state index in [9.17, 15) is 13.6 Å². The lowest BCUT2D eigenvalue weighted by Gasteiger charge is -2.35. The van der Waals surface area contributed by atoms with Gasteiger partial charge in [0.2, 0.25) is 0 Å². The van der Waals surface area contributed by atoms with Crippen LogP contribution < -0.4 is 5.32 Å². The molecule has 2 aromatic rings. The van der Waals surface area contributed by atoms with Gasteiger partial charge in [-0.3, -0.25) is 4.79 Å². The average molecular weight is 406 g/mol. The van der Waals surface area contributed by atoms with Crippen LogP contribution >= 0.6 is 11.8 Å². The fourth-order valence-electron chi connectivity index (χ4n) is 3.41. The molecule has 3 rings (SSSR count). The number of benzene rings is 2. The first-order valence-electron chi connectivity index (χ1n) is 9.30. The predicted molar refractivity (Wildman–Crippen MR) is 111 cm³/mol. The normalized spacial score (nSPS) is 15.3. The van der Waals surface area contributed by atoms with Gasteiger partial charge in [-0.2, -0.15) is 8.78 Å². The van der Waals surface area contributed by atoms with Crippen molar-refractivity contribution in [3.63, 3.8) is 0 Å². The van der Waals surface area contributed by atoms with Crippen LogP contribution in [0.5, 0.6) is 0 Å². The van der Waals surface area contributed by atoms with Crippen LogP contribution in [0.3, 0.4) is 0 Å². The number of para-hydroxylation sites is 1. The summed E-state index contributed by atoms with van der Waals surface area (Å²) in [6.07, 6.45) is 1.94. The highest BCUT2D eigenvalue weighted by molar-refractivity contribution is 7.99. The molecule has 1 heterocycles. The van der Waals surface area contributed by atoms with Crippen molar-refractivity contribution in [1.29, 1.82) is 0 Å². The van der Waals surface area contributed by atoms with Gasteiger partial charge in [-0.05, 0) is 63.3 Å². The van der Waals surface area contributed by atoms with Crippen LogP contribution in [0, 0.1) is 0 Å². The van der Waals surface area contributed by atoms with E-state index in [4.69, 9.17) is 0 Å². The van der Waals surface area contributed by atoms with Gasteiger partial charge in [0.15, 0.2) is 0 Å². The van der Waals surface area contributed by atoms with E-state index in [1.165, 1.54) is 0 Å². The number of hydrogen-bond acceptors (Lipinski definition) is 4. The lowest BCUT2D eigenvalue weighted by molar-refractivity contribution is 0.0664. The lowest BCUT2D eigenvalue weighted by atomic mass is 10.0. The van der Waals surface area contributed by atoms with E-state index >= 15 is 0 Å². The van der Waals surface area contributed by atoms with Gasteiger partial charge in [0.25, 0.3) is 11.7 Å². The number of alkyl halides is 2.